The third-order valence-electron chi connectivity index (χ3n) is 3.88. The van der Waals surface area contributed by atoms with E-state index < -0.39 is 17.9 Å². The number of nitrogens with zero attached hydrogens (tertiary/aromatic N) is 1. The summed E-state index contributed by atoms with van der Waals surface area (Å²) < 4.78 is 9.74. The first-order valence-corrected chi connectivity index (χ1v) is 7.23. The largest absolute Gasteiger partial charge is 0.466 e. The van der Waals surface area contributed by atoms with E-state index in [1.54, 1.807) is 32.0 Å². The van der Waals surface area contributed by atoms with Crippen LogP contribution in [-0.2, 0) is 19.1 Å². The highest BCUT2D eigenvalue weighted by molar-refractivity contribution is 5.99. The van der Waals surface area contributed by atoms with E-state index in [9.17, 15) is 14.5 Å². The van der Waals surface area contributed by atoms with Crippen LogP contribution in [-0.4, -0.2) is 26.2 Å². The number of methoxy groups -OCH3 is 2. The molecule has 0 atom stereocenters. The third kappa shape index (κ3) is 3.05. The van der Waals surface area contributed by atoms with Crippen LogP contribution in [0.2, 0.25) is 0 Å². The van der Waals surface area contributed by atoms with Gasteiger partial charge in [-0.25, -0.2) is 9.59 Å². The van der Waals surface area contributed by atoms with Gasteiger partial charge < -0.3 is 14.8 Å². The van der Waals surface area contributed by atoms with Crippen molar-refractivity contribution in [2.45, 2.75) is 19.8 Å². The van der Waals surface area contributed by atoms with Gasteiger partial charge in [-0.1, -0.05) is 12.1 Å². The van der Waals surface area contributed by atoms with Crippen LogP contribution in [0.25, 0.3) is 0 Å². The molecule has 1 aromatic rings. The van der Waals surface area contributed by atoms with Gasteiger partial charge in [-0.05, 0) is 36.7 Å². The smallest absolute Gasteiger partial charge is 0.336 e. The van der Waals surface area contributed by atoms with Gasteiger partial charge in [0, 0.05) is 11.4 Å². The lowest BCUT2D eigenvalue weighted by Gasteiger charge is -2.30. The van der Waals surface area contributed by atoms with Crippen molar-refractivity contribution >= 4 is 17.6 Å². The molecule has 7 heteroatoms. The molecule has 1 N–H and O–H groups in total. The Morgan fingerprint density at radius 1 is 1.04 bits per heavy atom. The summed E-state index contributed by atoms with van der Waals surface area (Å²) in [5, 5.41) is 5.92. The Kier molecular flexibility index (Phi) is 5.13. The van der Waals surface area contributed by atoms with E-state index in [0.717, 1.165) is 0 Å². The monoisotopic (exact) mass is 330 g/mol. The van der Waals surface area contributed by atoms with Crippen LogP contribution in [0.3, 0.4) is 0 Å². The molecule has 0 bridgehead atoms. The van der Waals surface area contributed by atoms with Crippen molar-refractivity contribution in [2.75, 3.05) is 14.2 Å². The topological polar surface area (TPSA) is 94.1 Å². The first kappa shape index (κ1) is 17.4. The van der Waals surface area contributed by atoms with E-state index in [1.165, 1.54) is 20.3 Å². The molecule has 1 aliphatic heterocycles. The predicted molar refractivity (Wildman–Crippen MR) is 87.2 cm³/mol. The minimum absolute atomic E-state index is 0.203. The molecular formula is C17H18N2O5. The lowest BCUT2D eigenvalue weighted by Crippen LogP contribution is -2.32. The average Bonchev–Trinajstić information content (AvgIpc) is 2.59. The summed E-state index contributed by atoms with van der Waals surface area (Å²) in [5.74, 6) is -1.85. The number of carbonyl (C=O) groups excluding carboxylic acids is 2. The van der Waals surface area contributed by atoms with E-state index in [4.69, 9.17) is 9.47 Å². The molecule has 0 saturated carbocycles. The summed E-state index contributed by atoms with van der Waals surface area (Å²) in [6.07, 6.45) is 0. The zero-order valence-corrected chi connectivity index (χ0v) is 13.9. The van der Waals surface area contributed by atoms with Crippen LogP contribution in [0.4, 0.5) is 5.69 Å². The van der Waals surface area contributed by atoms with E-state index in [2.05, 4.69) is 10.5 Å². The van der Waals surface area contributed by atoms with Crippen molar-refractivity contribution < 1.29 is 19.1 Å². The molecule has 126 valence electrons. The van der Waals surface area contributed by atoms with Crippen LogP contribution in [0.1, 0.15) is 25.3 Å². The lowest BCUT2D eigenvalue weighted by atomic mass is 9.80. The molecule has 1 aromatic carbocycles. The summed E-state index contributed by atoms with van der Waals surface area (Å²) in [5.41, 5.74) is 2.49. The molecule has 0 aromatic heterocycles. The molecule has 1 aliphatic rings. The maximum atomic E-state index is 12.3. The molecular weight excluding hydrogens is 312 g/mol. The maximum absolute atomic E-state index is 12.3. The second-order valence-corrected chi connectivity index (χ2v) is 5.30. The van der Waals surface area contributed by atoms with Crippen molar-refractivity contribution in [1.29, 1.82) is 0 Å². The summed E-state index contributed by atoms with van der Waals surface area (Å²) in [7, 11) is 2.54. The van der Waals surface area contributed by atoms with E-state index in [1.807, 2.05) is 0 Å². The standard InChI is InChI=1S/C17H18N2O5/c1-9-13(16(20)23-3)15(11-6-5-7-12(8-11)19-22)14(10(2)18-9)17(21)24-4/h5-8,15,18H,1-4H3. The van der Waals surface area contributed by atoms with Crippen molar-refractivity contribution in [3.05, 3.63) is 57.3 Å². The van der Waals surface area contributed by atoms with Gasteiger partial charge in [-0.15, -0.1) is 4.91 Å². The van der Waals surface area contributed by atoms with E-state index >= 15 is 0 Å². The number of dihydropyridines is 1. The molecule has 0 saturated heterocycles. The fourth-order valence-corrected chi connectivity index (χ4v) is 2.85. The van der Waals surface area contributed by atoms with Crippen LogP contribution < -0.4 is 5.32 Å². The summed E-state index contributed by atoms with van der Waals surface area (Å²) in [6, 6.07) is 6.44. The number of carbonyl (C=O) groups is 2. The number of ether oxygens (including phenoxy) is 2. The zero-order chi connectivity index (χ0) is 17.9. The molecule has 0 amide bonds. The highest BCUT2D eigenvalue weighted by Gasteiger charge is 2.37. The van der Waals surface area contributed by atoms with Crippen LogP contribution in [0.5, 0.6) is 0 Å². The molecule has 0 fully saturated rings. The van der Waals surface area contributed by atoms with Crippen LogP contribution in [0.15, 0.2) is 52.0 Å². The quantitative estimate of drug-likeness (QED) is 0.674. The number of nitrogens with one attached hydrogen (secondary N) is 1. The third-order valence-corrected chi connectivity index (χ3v) is 3.88. The molecule has 1 heterocycles. The molecule has 0 unspecified atom stereocenters. The van der Waals surface area contributed by atoms with Gasteiger partial charge in [0.15, 0.2) is 0 Å². The average molecular weight is 330 g/mol. The molecule has 2 rings (SSSR count). The molecule has 0 aliphatic carbocycles. The lowest BCUT2D eigenvalue weighted by molar-refractivity contribution is -0.137. The van der Waals surface area contributed by atoms with Gasteiger partial charge >= 0.3 is 11.9 Å². The van der Waals surface area contributed by atoms with Gasteiger partial charge in [0.1, 0.15) is 5.69 Å². The molecule has 0 spiro atoms. The predicted octanol–water partition coefficient (Wildman–Crippen LogP) is 2.67. The van der Waals surface area contributed by atoms with E-state index in [0.29, 0.717) is 17.0 Å². The SMILES string of the molecule is COC(=O)C1=C(C)NC(C)=C(C(=O)OC)C1c1cccc(N=O)c1. The number of rotatable bonds is 4. The van der Waals surface area contributed by atoms with Crippen molar-refractivity contribution in [3.8, 4) is 0 Å². The summed E-state index contributed by atoms with van der Waals surface area (Å²) in [6.45, 7) is 3.44. The Morgan fingerprint density at radius 3 is 2.04 bits per heavy atom. The van der Waals surface area contributed by atoms with E-state index in [-0.39, 0.29) is 16.8 Å². The molecule has 0 radical (unpaired) electrons. The number of allylic oxidation sites excluding steroid dienone is 2. The van der Waals surface area contributed by atoms with Crippen LogP contribution in [0, 0.1) is 4.91 Å². The second-order valence-electron chi connectivity index (χ2n) is 5.30. The Bertz CT molecular complexity index is 726. The highest BCUT2D eigenvalue weighted by atomic mass is 16.5. The first-order valence-electron chi connectivity index (χ1n) is 7.23. The minimum atomic E-state index is -0.715. The maximum Gasteiger partial charge on any atom is 0.336 e. The summed E-state index contributed by atoms with van der Waals surface area (Å²) in [4.78, 5) is 35.4. The van der Waals surface area contributed by atoms with Crippen LogP contribution >= 0.6 is 0 Å². The van der Waals surface area contributed by atoms with Crippen molar-refractivity contribution in [1.82, 2.24) is 5.32 Å². The number of nitroso groups, excluding NO2 is 1. The highest BCUT2D eigenvalue weighted by Crippen LogP contribution is 2.39. The van der Waals surface area contributed by atoms with Gasteiger partial charge in [0.25, 0.3) is 0 Å². The van der Waals surface area contributed by atoms with Gasteiger partial charge in [0.05, 0.1) is 31.3 Å². The number of hydrogen-bond acceptors (Lipinski definition) is 7. The minimum Gasteiger partial charge on any atom is -0.466 e. The Labute approximate surface area is 139 Å². The fourth-order valence-electron chi connectivity index (χ4n) is 2.85. The van der Waals surface area contributed by atoms with Gasteiger partial charge in [-0.3, -0.25) is 0 Å². The fraction of sp³-hybridized carbons (Fsp3) is 0.294. The normalized spacial score (nSPS) is 15.0. The summed E-state index contributed by atoms with van der Waals surface area (Å²) >= 11 is 0. The number of benzene rings is 1. The zero-order valence-electron chi connectivity index (χ0n) is 13.9. The van der Waals surface area contributed by atoms with Gasteiger partial charge in [0.2, 0.25) is 0 Å². The van der Waals surface area contributed by atoms with Crippen molar-refractivity contribution in [3.63, 3.8) is 0 Å². The number of esters is 2. The molecule has 7 nitrogen and oxygen atoms in total. The Balaban J connectivity index is 2.71. The Morgan fingerprint density at radius 2 is 1.58 bits per heavy atom. The van der Waals surface area contributed by atoms with Crippen molar-refractivity contribution in [2.24, 2.45) is 5.18 Å². The Hall–Kier alpha value is -2.96. The second kappa shape index (κ2) is 7.08. The molecule has 24 heavy (non-hydrogen) atoms. The van der Waals surface area contributed by atoms with Gasteiger partial charge in [-0.2, -0.15) is 0 Å². The first-order chi connectivity index (χ1) is 11.4. The number of hydrogen-bond donors (Lipinski definition) is 1.